The normalized spacial score (nSPS) is 38.3. The molecule has 2 saturated heterocycles. The van der Waals surface area contributed by atoms with E-state index in [1.165, 1.54) is 29.9 Å². The second-order valence-electron chi connectivity index (χ2n) is 15.4. The maximum absolute atomic E-state index is 13.7. The monoisotopic (exact) mass is 606 g/mol. The molecule has 1 aromatic rings. The Balaban J connectivity index is 1.33. The molecule has 8 heteroatoms. The van der Waals surface area contributed by atoms with E-state index in [4.69, 9.17) is 18.6 Å². The lowest BCUT2D eigenvalue weighted by Crippen LogP contribution is -2.65. The van der Waals surface area contributed by atoms with Gasteiger partial charge in [0.05, 0.1) is 24.7 Å². The average molecular weight is 607 g/mol. The van der Waals surface area contributed by atoms with Crippen molar-refractivity contribution in [2.75, 3.05) is 7.11 Å². The summed E-state index contributed by atoms with van der Waals surface area (Å²) in [6, 6.07) is 8.52. The van der Waals surface area contributed by atoms with Crippen LogP contribution in [0.15, 0.2) is 47.6 Å². The average Bonchev–Trinajstić information content (AvgIpc) is 3.41. The van der Waals surface area contributed by atoms with Gasteiger partial charge in [0, 0.05) is 23.7 Å². The Bertz CT molecular complexity index is 1420. The van der Waals surface area contributed by atoms with Gasteiger partial charge in [-0.1, -0.05) is 51.5 Å². The number of benzene rings is 1. The summed E-state index contributed by atoms with van der Waals surface area (Å²) >= 11 is 0. The van der Waals surface area contributed by atoms with Crippen LogP contribution in [0.25, 0.3) is 0 Å². The van der Waals surface area contributed by atoms with Crippen molar-refractivity contribution in [3.05, 3.63) is 53.1 Å². The van der Waals surface area contributed by atoms with Crippen LogP contribution in [0.5, 0.6) is 5.75 Å². The van der Waals surface area contributed by atoms with E-state index in [0.29, 0.717) is 6.42 Å². The molecule has 0 amide bonds. The second-order valence-corrected chi connectivity index (χ2v) is 20.1. The fourth-order valence-corrected chi connectivity index (χ4v) is 9.67. The van der Waals surface area contributed by atoms with Crippen molar-refractivity contribution in [1.29, 1.82) is 0 Å². The minimum Gasteiger partial charge on any atom is -0.544 e. The maximum Gasteiger partial charge on any atom is 0.316 e. The molecule has 43 heavy (non-hydrogen) atoms. The van der Waals surface area contributed by atoms with Crippen LogP contribution in [0.3, 0.4) is 0 Å². The highest BCUT2D eigenvalue weighted by Gasteiger charge is 2.73. The van der Waals surface area contributed by atoms with E-state index in [0.717, 1.165) is 12.2 Å². The number of hydrogen-bond donors (Lipinski definition) is 0. The first-order chi connectivity index (χ1) is 20.0. The molecule has 3 fully saturated rings. The lowest BCUT2D eigenvalue weighted by Gasteiger charge is -2.58. The summed E-state index contributed by atoms with van der Waals surface area (Å²) in [5.74, 6) is -0.528. The molecule has 232 valence electrons. The molecule has 6 rings (SSSR count). The van der Waals surface area contributed by atoms with Crippen molar-refractivity contribution in [2.24, 2.45) is 28.6 Å². The van der Waals surface area contributed by atoms with E-state index < -0.39 is 37.3 Å². The minimum atomic E-state index is -1.94. The zero-order valence-electron chi connectivity index (χ0n) is 27.0. The summed E-state index contributed by atoms with van der Waals surface area (Å²) in [5.41, 5.74) is 1.87. The van der Waals surface area contributed by atoms with E-state index in [1.807, 2.05) is 13.8 Å². The third kappa shape index (κ3) is 4.41. The summed E-state index contributed by atoms with van der Waals surface area (Å²) in [4.78, 5) is 39.8. The number of methoxy groups -OCH3 is 1. The molecule has 0 spiro atoms. The number of ether oxygens (including phenoxy) is 3. The van der Waals surface area contributed by atoms with Crippen LogP contribution in [0.1, 0.15) is 72.3 Å². The Morgan fingerprint density at radius 1 is 1.09 bits per heavy atom. The van der Waals surface area contributed by atoms with Crippen LogP contribution >= 0.6 is 0 Å². The Hall–Kier alpha value is -2.71. The fourth-order valence-electron chi connectivity index (χ4n) is 8.64. The van der Waals surface area contributed by atoms with Crippen LogP contribution in [0.2, 0.25) is 18.1 Å². The van der Waals surface area contributed by atoms with Crippen molar-refractivity contribution < 1.29 is 33.0 Å². The molecule has 7 nitrogen and oxygen atoms in total. The predicted molar refractivity (Wildman–Crippen MR) is 165 cm³/mol. The largest absolute Gasteiger partial charge is 0.544 e. The van der Waals surface area contributed by atoms with Gasteiger partial charge < -0.3 is 18.6 Å². The van der Waals surface area contributed by atoms with Gasteiger partial charge in [0.1, 0.15) is 11.9 Å². The number of carbonyl (C=O) groups excluding carboxylic acids is 3. The van der Waals surface area contributed by atoms with Gasteiger partial charge in [0.2, 0.25) is 8.32 Å². The van der Waals surface area contributed by atoms with Crippen LogP contribution in [0, 0.1) is 28.6 Å². The second kappa shape index (κ2) is 9.90. The van der Waals surface area contributed by atoms with Gasteiger partial charge in [0.25, 0.3) is 0 Å². The van der Waals surface area contributed by atoms with Gasteiger partial charge in [0.15, 0.2) is 5.78 Å². The Labute approximate surface area is 256 Å². The lowest BCUT2D eigenvalue weighted by atomic mass is 9.45. The third-order valence-electron chi connectivity index (χ3n) is 12.2. The molecule has 0 aromatic heterocycles. The number of hydrogen-bond acceptors (Lipinski definition) is 7. The standard InChI is InChI=1S/C35H46O7Si/c1-19-22(20-10-12-21(13-11-20)42-43(8,9)33(2,3)4)17-26-23(19)16-24-25(18-28(37)39-7)35(6)27(36)14-15-34(5)31(35)30(29(24)40-26)41-32(34)38/h10-15,22,24-26,29-31H,16-18H2,1-9H3/t22-,24-,25-,26+,29-,30-,31-,34+,35-/m0/s1. The van der Waals surface area contributed by atoms with E-state index in [2.05, 4.69) is 65.1 Å². The first kappa shape index (κ1) is 30.3. The molecule has 1 saturated carbocycles. The smallest absolute Gasteiger partial charge is 0.316 e. The highest BCUT2D eigenvalue weighted by atomic mass is 28.4. The van der Waals surface area contributed by atoms with E-state index in [9.17, 15) is 14.4 Å². The van der Waals surface area contributed by atoms with Crippen molar-refractivity contribution in [1.82, 2.24) is 0 Å². The van der Waals surface area contributed by atoms with Gasteiger partial charge in [-0.3, -0.25) is 14.4 Å². The summed E-state index contributed by atoms with van der Waals surface area (Å²) in [6.45, 7) is 17.2. The first-order valence-corrected chi connectivity index (χ1v) is 18.6. The molecule has 3 aliphatic carbocycles. The van der Waals surface area contributed by atoms with Gasteiger partial charge >= 0.3 is 11.9 Å². The number of rotatable bonds is 5. The summed E-state index contributed by atoms with van der Waals surface area (Å²) in [5, 5.41) is 0.119. The predicted octanol–water partition coefficient (Wildman–Crippen LogP) is 6.53. The minimum absolute atomic E-state index is 0.0530. The number of allylic oxidation sites excluding steroid dienone is 2. The number of carbonyl (C=O) groups is 3. The molecule has 2 aliphatic heterocycles. The molecule has 0 unspecified atom stereocenters. The summed E-state index contributed by atoms with van der Waals surface area (Å²) < 4.78 is 24.7. The van der Waals surface area contributed by atoms with Gasteiger partial charge in [-0.15, -0.1) is 0 Å². The molecular weight excluding hydrogens is 560 g/mol. The van der Waals surface area contributed by atoms with Crippen LogP contribution in [-0.4, -0.2) is 51.5 Å². The molecule has 0 bridgehead atoms. The molecule has 1 aromatic carbocycles. The fraction of sp³-hybridized carbons (Fsp3) is 0.629. The molecule has 0 radical (unpaired) electrons. The first-order valence-electron chi connectivity index (χ1n) is 15.7. The lowest BCUT2D eigenvalue weighted by molar-refractivity contribution is -0.204. The molecule has 9 atom stereocenters. The topological polar surface area (TPSA) is 88.1 Å². The molecule has 0 N–H and O–H groups in total. The summed E-state index contributed by atoms with van der Waals surface area (Å²) in [7, 11) is -0.559. The Morgan fingerprint density at radius 3 is 2.40 bits per heavy atom. The van der Waals surface area contributed by atoms with E-state index in [1.54, 1.807) is 6.08 Å². The van der Waals surface area contributed by atoms with Crippen molar-refractivity contribution in [3.8, 4) is 5.75 Å². The van der Waals surface area contributed by atoms with Crippen molar-refractivity contribution >= 4 is 26.0 Å². The number of ketones is 1. The van der Waals surface area contributed by atoms with Crippen molar-refractivity contribution in [3.63, 3.8) is 0 Å². The zero-order chi connectivity index (χ0) is 31.3. The molecule has 2 heterocycles. The number of esters is 2. The maximum atomic E-state index is 13.7. The van der Waals surface area contributed by atoms with Crippen LogP contribution < -0.4 is 4.43 Å². The Morgan fingerprint density at radius 2 is 1.77 bits per heavy atom. The summed E-state index contributed by atoms with van der Waals surface area (Å²) in [6.07, 6.45) is 3.83. The highest BCUT2D eigenvalue weighted by Crippen LogP contribution is 2.65. The Kier molecular flexibility index (Phi) is 6.98. The van der Waals surface area contributed by atoms with Gasteiger partial charge in [-0.2, -0.15) is 0 Å². The van der Waals surface area contributed by atoms with Gasteiger partial charge in [-0.25, -0.2) is 0 Å². The van der Waals surface area contributed by atoms with Gasteiger partial charge in [-0.05, 0) is 86.0 Å². The molecule has 5 aliphatic rings. The van der Waals surface area contributed by atoms with Crippen LogP contribution in [0.4, 0.5) is 0 Å². The number of fused-ring (bicyclic) bond motifs is 3. The van der Waals surface area contributed by atoms with Crippen molar-refractivity contribution in [2.45, 2.75) is 103 Å². The zero-order valence-corrected chi connectivity index (χ0v) is 28.0. The molecular formula is C35H46O7Si. The van der Waals surface area contributed by atoms with Crippen LogP contribution in [-0.2, 0) is 28.6 Å². The van der Waals surface area contributed by atoms with E-state index in [-0.39, 0.29) is 53.0 Å². The quantitative estimate of drug-likeness (QED) is 0.214. The van der Waals surface area contributed by atoms with E-state index >= 15 is 0 Å². The SMILES string of the molecule is COC(=O)C[C@H]1[C@@H]2CC3=C(C)[C@@H](c4ccc(O[Si](C)(C)C(C)(C)C)cc4)C[C@H]3O[C@@H]2[C@@H]2OC(=O)[C@]3(C)C=CC(=O)[C@@]1(C)[C@@H]23. The third-order valence-corrected chi connectivity index (χ3v) is 16.5. The highest BCUT2D eigenvalue weighted by molar-refractivity contribution is 6.74.